The maximum absolute atomic E-state index is 12.3. The minimum absolute atomic E-state index is 0.110. The molecule has 0 bridgehead atoms. The molecule has 2 N–H and O–H groups in total. The molecule has 7 heteroatoms. The molecule has 3 rings (SSSR count). The predicted molar refractivity (Wildman–Crippen MR) is 97.3 cm³/mol. The summed E-state index contributed by atoms with van der Waals surface area (Å²) in [5.41, 5.74) is 2.70. The van der Waals surface area contributed by atoms with E-state index in [4.69, 9.17) is 0 Å². The van der Waals surface area contributed by atoms with Gasteiger partial charge >= 0.3 is 0 Å². The quantitative estimate of drug-likeness (QED) is 0.851. The van der Waals surface area contributed by atoms with Crippen molar-refractivity contribution in [2.45, 2.75) is 25.9 Å². The second-order valence-corrected chi connectivity index (χ2v) is 8.57. The first-order valence-electron chi connectivity index (χ1n) is 8.18. The average molecular weight is 359 g/mol. The highest BCUT2D eigenvalue weighted by Gasteiger charge is 2.27. The van der Waals surface area contributed by atoms with Gasteiger partial charge in [0.25, 0.3) is 5.91 Å². The Morgan fingerprint density at radius 3 is 2.68 bits per heavy atom. The summed E-state index contributed by atoms with van der Waals surface area (Å²) in [6, 6.07) is 11.1. The Kier molecular flexibility index (Phi) is 5.03. The lowest BCUT2D eigenvalue weighted by atomic mass is 10.1. The van der Waals surface area contributed by atoms with E-state index in [0.29, 0.717) is 24.3 Å². The summed E-state index contributed by atoms with van der Waals surface area (Å²) in [6.07, 6.45) is 2.11. The van der Waals surface area contributed by atoms with Crippen molar-refractivity contribution in [3.8, 4) is 0 Å². The Balaban J connectivity index is 1.60. The summed E-state index contributed by atoms with van der Waals surface area (Å²) in [6.45, 7) is 2.47. The predicted octanol–water partition coefficient (Wildman–Crippen LogP) is 1.92. The normalized spacial score (nSPS) is 18.7. The standard InChI is InChI=1S/C18H21N3O3S/c1-13-2-4-14(5-3-13)11-20-18(22)15-6-8-19-17(10-15)21-16-7-9-25(23,24)12-16/h2-6,8,10,16H,7,9,11-12H2,1H3,(H,19,21)(H,20,22). The fraction of sp³-hybridized carbons (Fsp3) is 0.333. The number of anilines is 1. The number of rotatable bonds is 5. The third kappa shape index (κ3) is 4.79. The summed E-state index contributed by atoms with van der Waals surface area (Å²) in [4.78, 5) is 16.5. The fourth-order valence-electron chi connectivity index (χ4n) is 2.76. The summed E-state index contributed by atoms with van der Waals surface area (Å²) >= 11 is 0. The monoisotopic (exact) mass is 359 g/mol. The maximum atomic E-state index is 12.3. The molecule has 0 saturated carbocycles. The topological polar surface area (TPSA) is 88.2 Å². The van der Waals surface area contributed by atoms with Gasteiger partial charge in [0.2, 0.25) is 0 Å². The minimum Gasteiger partial charge on any atom is -0.366 e. The van der Waals surface area contributed by atoms with E-state index in [1.807, 2.05) is 31.2 Å². The summed E-state index contributed by atoms with van der Waals surface area (Å²) in [5, 5.41) is 5.98. The van der Waals surface area contributed by atoms with E-state index in [1.54, 1.807) is 18.3 Å². The van der Waals surface area contributed by atoms with Crippen LogP contribution in [0.5, 0.6) is 0 Å². The number of carbonyl (C=O) groups is 1. The van der Waals surface area contributed by atoms with Crippen LogP contribution in [0.4, 0.5) is 5.82 Å². The molecule has 1 amide bonds. The Bertz CT molecular complexity index is 863. The van der Waals surface area contributed by atoms with Crippen LogP contribution in [0.1, 0.15) is 27.9 Å². The number of pyridine rings is 1. The number of sulfone groups is 1. The zero-order valence-electron chi connectivity index (χ0n) is 14.0. The van der Waals surface area contributed by atoms with Crippen molar-refractivity contribution in [3.05, 3.63) is 59.3 Å². The number of hydrogen-bond donors (Lipinski definition) is 2. The molecule has 1 atom stereocenters. The van der Waals surface area contributed by atoms with Crippen LogP contribution in [0.15, 0.2) is 42.6 Å². The molecule has 1 aromatic heterocycles. The van der Waals surface area contributed by atoms with E-state index < -0.39 is 9.84 Å². The summed E-state index contributed by atoms with van der Waals surface area (Å²) < 4.78 is 23.0. The molecular weight excluding hydrogens is 338 g/mol. The second kappa shape index (κ2) is 7.23. The number of amides is 1. The van der Waals surface area contributed by atoms with Gasteiger partial charge in [0.1, 0.15) is 5.82 Å². The highest BCUT2D eigenvalue weighted by molar-refractivity contribution is 7.91. The largest absolute Gasteiger partial charge is 0.366 e. The van der Waals surface area contributed by atoms with Crippen molar-refractivity contribution in [2.75, 3.05) is 16.8 Å². The molecule has 2 aromatic rings. The van der Waals surface area contributed by atoms with Gasteiger partial charge < -0.3 is 10.6 Å². The summed E-state index contributed by atoms with van der Waals surface area (Å²) in [5.74, 6) is 0.634. The number of nitrogens with zero attached hydrogens (tertiary/aromatic N) is 1. The van der Waals surface area contributed by atoms with Gasteiger partial charge in [-0.15, -0.1) is 0 Å². The third-order valence-corrected chi connectivity index (χ3v) is 5.95. The highest BCUT2D eigenvalue weighted by atomic mass is 32.2. The van der Waals surface area contributed by atoms with E-state index in [2.05, 4.69) is 15.6 Å². The van der Waals surface area contributed by atoms with Crippen molar-refractivity contribution >= 4 is 21.6 Å². The molecule has 6 nitrogen and oxygen atoms in total. The number of carbonyl (C=O) groups excluding carboxylic acids is 1. The smallest absolute Gasteiger partial charge is 0.251 e. The molecule has 1 fully saturated rings. The zero-order valence-corrected chi connectivity index (χ0v) is 14.8. The molecule has 0 radical (unpaired) electrons. The molecule has 1 saturated heterocycles. The van der Waals surface area contributed by atoms with Crippen LogP contribution < -0.4 is 10.6 Å². The van der Waals surface area contributed by atoms with Crippen LogP contribution in [0.2, 0.25) is 0 Å². The molecule has 1 aliphatic rings. The van der Waals surface area contributed by atoms with E-state index in [1.165, 1.54) is 5.56 Å². The first-order chi connectivity index (χ1) is 11.9. The molecule has 25 heavy (non-hydrogen) atoms. The minimum atomic E-state index is -2.95. The molecule has 1 aliphatic heterocycles. The zero-order chi connectivity index (χ0) is 17.9. The average Bonchev–Trinajstić information content (AvgIpc) is 2.93. The maximum Gasteiger partial charge on any atom is 0.251 e. The van der Waals surface area contributed by atoms with Crippen LogP contribution in [-0.4, -0.2) is 36.9 Å². The lowest BCUT2D eigenvalue weighted by Gasteiger charge is -2.12. The third-order valence-electron chi connectivity index (χ3n) is 4.18. The molecule has 2 heterocycles. The van der Waals surface area contributed by atoms with Gasteiger partial charge in [-0.05, 0) is 31.0 Å². The van der Waals surface area contributed by atoms with Gasteiger partial charge in [0, 0.05) is 24.3 Å². The van der Waals surface area contributed by atoms with E-state index in [-0.39, 0.29) is 23.5 Å². The van der Waals surface area contributed by atoms with E-state index >= 15 is 0 Å². The SMILES string of the molecule is Cc1ccc(CNC(=O)c2ccnc(NC3CCS(=O)(=O)C3)c2)cc1. The molecule has 0 aliphatic carbocycles. The number of aromatic nitrogens is 1. The number of benzene rings is 1. The number of hydrogen-bond acceptors (Lipinski definition) is 5. The van der Waals surface area contributed by atoms with Crippen LogP contribution in [-0.2, 0) is 16.4 Å². The van der Waals surface area contributed by atoms with E-state index in [0.717, 1.165) is 5.56 Å². The van der Waals surface area contributed by atoms with Crippen LogP contribution >= 0.6 is 0 Å². The molecular formula is C18H21N3O3S. The summed E-state index contributed by atoms with van der Waals surface area (Å²) in [7, 11) is -2.95. The molecule has 0 spiro atoms. The van der Waals surface area contributed by atoms with Crippen LogP contribution in [0, 0.1) is 6.92 Å². The Hall–Kier alpha value is -2.41. The van der Waals surface area contributed by atoms with Gasteiger partial charge in [-0.2, -0.15) is 0 Å². The van der Waals surface area contributed by atoms with Crippen molar-refractivity contribution in [2.24, 2.45) is 0 Å². The van der Waals surface area contributed by atoms with Crippen molar-refractivity contribution < 1.29 is 13.2 Å². The van der Waals surface area contributed by atoms with Gasteiger partial charge in [-0.25, -0.2) is 13.4 Å². The molecule has 132 valence electrons. The van der Waals surface area contributed by atoms with Crippen molar-refractivity contribution in [1.29, 1.82) is 0 Å². The molecule has 1 unspecified atom stereocenters. The van der Waals surface area contributed by atoms with Crippen molar-refractivity contribution in [1.82, 2.24) is 10.3 Å². The Labute approximate surface area is 147 Å². The fourth-order valence-corrected chi connectivity index (χ4v) is 4.43. The van der Waals surface area contributed by atoms with Crippen molar-refractivity contribution in [3.63, 3.8) is 0 Å². The van der Waals surface area contributed by atoms with E-state index in [9.17, 15) is 13.2 Å². The van der Waals surface area contributed by atoms with Crippen LogP contribution in [0.25, 0.3) is 0 Å². The first-order valence-corrected chi connectivity index (χ1v) is 10.0. The van der Waals surface area contributed by atoms with Gasteiger partial charge in [-0.1, -0.05) is 29.8 Å². The Morgan fingerprint density at radius 1 is 1.24 bits per heavy atom. The number of nitrogens with one attached hydrogen (secondary N) is 2. The number of aryl methyl sites for hydroxylation is 1. The highest BCUT2D eigenvalue weighted by Crippen LogP contribution is 2.17. The Morgan fingerprint density at radius 2 is 2.00 bits per heavy atom. The second-order valence-electron chi connectivity index (χ2n) is 6.34. The van der Waals surface area contributed by atoms with Gasteiger partial charge in [-0.3, -0.25) is 4.79 Å². The lowest BCUT2D eigenvalue weighted by Crippen LogP contribution is -2.24. The van der Waals surface area contributed by atoms with Gasteiger partial charge in [0.15, 0.2) is 9.84 Å². The first kappa shape index (κ1) is 17.4. The van der Waals surface area contributed by atoms with Crippen LogP contribution in [0.3, 0.4) is 0 Å². The molecule has 1 aromatic carbocycles. The van der Waals surface area contributed by atoms with Gasteiger partial charge in [0.05, 0.1) is 11.5 Å². The lowest BCUT2D eigenvalue weighted by molar-refractivity contribution is 0.0951.